The fourth-order valence-corrected chi connectivity index (χ4v) is 3.07. The molecule has 1 amide bonds. The molecule has 25 heavy (non-hydrogen) atoms. The number of carbonyl (C=O) groups excluding carboxylic acids is 1. The molecule has 0 radical (unpaired) electrons. The minimum atomic E-state index is -3.79. The van der Waals surface area contributed by atoms with Gasteiger partial charge in [-0.3, -0.25) is 9.10 Å². The predicted octanol–water partition coefficient (Wildman–Crippen LogP) is 3.33. The van der Waals surface area contributed by atoms with Gasteiger partial charge in [-0.05, 0) is 36.8 Å². The van der Waals surface area contributed by atoms with Gasteiger partial charge in [-0.15, -0.1) is 0 Å². The molecule has 1 N–H and O–H groups in total. The summed E-state index contributed by atoms with van der Waals surface area (Å²) in [5.74, 6) is -2.53. The number of benzene rings is 2. The summed E-state index contributed by atoms with van der Waals surface area (Å²) in [6, 6.07) is 7.19. The number of carbonyl (C=O) groups is 1. The molecule has 0 saturated heterocycles. The SMILES string of the molecule is Cc1ccc(N(CC(=O)Nc2ccc(F)cc2F)S(C)(=O)=O)cc1Cl. The average Bonchev–Trinajstić information content (AvgIpc) is 2.49. The Morgan fingerprint density at radius 2 is 1.88 bits per heavy atom. The number of nitrogens with zero attached hydrogens (tertiary/aromatic N) is 1. The number of anilines is 2. The van der Waals surface area contributed by atoms with Gasteiger partial charge in [0.05, 0.1) is 17.6 Å². The average molecular weight is 389 g/mol. The van der Waals surface area contributed by atoms with Gasteiger partial charge in [-0.1, -0.05) is 17.7 Å². The van der Waals surface area contributed by atoms with E-state index in [2.05, 4.69) is 5.32 Å². The number of sulfonamides is 1. The highest BCUT2D eigenvalue weighted by atomic mass is 35.5. The van der Waals surface area contributed by atoms with E-state index in [1.807, 2.05) is 0 Å². The van der Waals surface area contributed by atoms with Gasteiger partial charge in [0.15, 0.2) is 0 Å². The van der Waals surface area contributed by atoms with Gasteiger partial charge < -0.3 is 5.32 Å². The molecule has 5 nitrogen and oxygen atoms in total. The van der Waals surface area contributed by atoms with Crippen LogP contribution in [0.5, 0.6) is 0 Å². The largest absolute Gasteiger partial charge is 0.322 e. The summed E-state index contributed by atoms with van der Waals surface area (Å²) in [6.45, 7) is 1.16. The molecule has 0 heterocycles. The van der Waals surface area contributed by atoms with Crippen LogP contribution in [-0.4, -0.2) is 27.1 Å². The molecule has 0 aliphatic heterocycles. The van der Waals surface area contributed by atoms with Crippen molar-refractivity contribution >= 4 is 38.9 Å². The predicted molar refractivity (Wildman–Crippen MR) is 93.4 cm³/mol. The Bertz CT molecular complexity index is 920. The van der Waals surface area contributed by atoms with Crippen molar-refractivity contribution in [3.8, 4) is 0 Å². The lowest BCUT2D eigenvalue weighted by molar-refractivity contribution is -0.114. The topological polar surface area (TPSA) is 66.5 Å². The van der Waals surface area contributed by atoms with Gasteiger partial charge in [0.2, 0.25) is 15.9 Å². The number of halogens is 3. The lowest BCUT2D eigenvalue weighted by atomic mass is 10.2. The minimum absolute atomic E-state index is 0.202. The van der Waals surface area contributed by atoms with Crippen molar-refractivity contribution < 1.29 is 22.0 Å². The highest BCUT2D eigenvalue weighted by molar-refractivity contribution is 7.92. The first-order valence-corrected chi connectivity index (χ1v) is 9.29. The van der Waals surface area contributed by atoms with Crippen LogP contribution in [-0.2, 0) is 14.8 Å². The van der Waals surface area contributed by atoms with Gasteiger partial charge in [0, 0.05) is 11.1 Å². The van der Waals surface area contributed by atoms with Crippen LogP contribution < -0.4 is 9.62 Å². The maximum atomic E-state index is 13.6. The molecule has 0 aliphatic carbocycles. The van der Waals surface area contributed by atoms with Gasteiger partial charge in [0.1, 0.15) is 18.2 Å². The third-order valence-electron chi connectivity index (χ3n) is 3.34. The zero-order valence-electron chi connectivity index (χ0n) is 13.4. The van der Waals surface area contributed by atoms with Crippen LogP contribution in [0.15, 0.2) is 36.4 Å². The molecule has 0 unspecified atom stereocenters. The standard InChI is InChI=1S/C16H15ClF2N2O3S/c1-10-3-5-12(8-13(10)17)21(25(2,23)24)9-16(22)20-15-6-4-11(18)7-14(15)19/h3-8H,9H2,1-2H3,(H,20,22). The molecule has 2 aromatic carbocycles. The fraction of sp³-hybridized carbons (Fsp3) is 0.188. The summed E-state index contributed by atoms with van der Waals surface area (Å²) >= 11 is 6.00. The van der Waals surface area contributed by atoms with Crippen molar-refractivity contribution in [1.29, 1.82) is 0 Å². The third kappa shape index (κ3) is 4.90. The number of hydrogen-bond donors (Lipinski definition) is 1. The minimum Gasteiger partial charge on any atom is -0.322 e. The molecule has 2 rings (SSSR count). The quantitative estimate of drug-likeness (QED) is 0.854. The van der Waals surface area contributed by atoms with Gasteiger partial charge in [-0.25, -0.2) is 17.2 Å². The van der Waals surface area contributed by atoms with Gasteiger partial charge in [-0.2, -0.15) is 0 Å². The van der Waals surface area contributed by atoms with Crippen molar-refractivity contribution in [2.45, 2.75) is 6.92 Å². The zero-order valence-corrected chi connectivity index (χ0v) is 15.0. The smallest absolute Gasteiger partial charge is 0.245 e. The van der Waals surface area contributed by atoms with Crippen molar-refractivity contribution in [2.75, 3.05) is 22.4 Å². The summed E-state index contributed by atoms with van der Waals surface area (Å²) in [4.78, 5) is 12.1. The van der Waals surface area contributed by atoms with E-state index in [1.165, 1.54) is 12.1 Å². The second-order valence-electron chi connectivity index (χ2n) is 5.38. The van der Waals surface area contributed by atoms with Gasteiger partial charge in [0.25, 0.3) is 0 Å². The number of rotatable bonds is 5. The Balaban J connectivity index is 2.25. The molecule has 9 heteroatoms. The van der Waals surface area contributed by atoms with Crippen LogP contribution in [0.2, 0.25) is 5.02 Å². The molecule has 0 aliphatic rings. The number of aryl methyl sites for hydroxylation is 1. The maximum Gasteiger partial charge on any atom is 0.245 e. The Morgan fingerprint density at radius 1 is 1.20 bits per heavy atom. The van der Waals surface area contributed by atoms with E-state index < -0.39 is 34.1 Å². The van der Waals surface area contributed by atoms with E-state index in [-0.39, 0.29) is 11.4 Å². The van der Waals surface area contributed by atoms with Crippen molar-refractivity contribution in [1.82, 2.24) is 0 Å². The Morgan fingerprint density at radius 3 is 2.44 bits per heavy atom. The lowest BCUT2D eigenvalue weighted by Gasteiger charge is -2.22. The molecule has 0 spiro atoms. The van der Waals surface area contributed by atoms with Crippen LogP contribution in [0, 0.1) is 18.6 Å². The van der Waals surface area contributed by atoms with Crippen molar-refractivity contribution in [3.05, 3.63) is 58.6 Å². The Kier molecular flexibility index (Phi) is 5.64. The number of nitrogens with one attached hydrogen (secondary N) is 1. The van der Waals surface area contributed by atoms with E-state index >= 15 is 0 Å². The third-order valence-corrected chi connectivity index (χ3v) is 4.88. The molecule has 0 atom stereocenters. The summed E-state index contributed by atoms with van der Waals surface area (Å²) < 4.78 is 51.3. The van der Waals surface area contributed by atoms with Crippen LogP contribution in [0.25, 0.3) is 0 Å². The van der Waals surface area contributed by atoms with Crippen molar-refractivity contribution in [2.24, 2.45) is 0 Å². The van der Waals surface area contributed by atoms with Crippen LogP contribution >= 0.6 is 11.6 Å². The van der Waals surface area contributed by atoms with Crippen LogP contribution in [0.1, 0.15) is 5.56 Å². The molecule has 0 fully saturated rings. The van der Waals surface area contributed by atoms with Crippen molar-refractivity contribution in [3.63, 3.8) is 0 Å². The molecule has 0 aromatic heterocycles. The molecule has 0 saturated carbocycles. The summed E-state index contributed by atoms with van der Waals surface area (Å²) in [7, 11) is -3.79. The molecule has 2 aromatic rings. The Labute approximate surface area is 149 Å². The summed E-state index contributed by atoms with van der Waals surface area (Å²) in [5.41, 5.74) is 0.700. The van der Waals surface area contributed by atoms with Gasteiger partial charge >= 0.3 is 0 Å². The van der Waals surface area contributed by atoms with E-state index in [0.29, 0.717) is 11.1 Å². The fourth-order valence-electron chi connectivity index (χ4n) is 2.05. The highest BCUT2D eigenvalue weighted by Crippen LogP contribution is 2.25. The summed E-state index contributed by atoms with van der Waals surface area (Å²) in [6.07, 6.45) is 0.937. The Hall–Kier alpha value is -2.19. The molecular formula is C16H15ClF2N2O3S. The second-order valence-corrected chi connectivity index (χ2v) is 7.69. The monoisotopic (exact) mass is 388 g/mol. The first-order valence-electron chi connectivity index (χ1n) is 7.06. The van der Waals surface area contributed by atoms with Crippen LogP contribution in [0.4, 0.5) is 20.2 Å². The van der Waals surface area contributed by atoms with E-state index in [1.54, 1.807) is 13.0 Å². The second kappa shape index (κ2) is 7.37. The number of hydrogen-bond acceptors (Lipinski definition) is 3. The first kappa shape index (κ1) is 19.1. The van der Waals surface area contributed by atoms with E-state index in [9.17, 15) is 22.0 Å². The van der Waals surface area contributed by atoms with E-state index in [0.717, 1.165) is 28.3 Å². The molecule has 0 bridgehead atoms. The van der Waals surface area contributed by atoms with E-state index in [4.69, 9.17) is 11.6 Å². The number of amides is 1. The summed E-state index contributed by atoms with van der Waals surface area (Å²) in [5, 5.41) is 2.56. The maximum absolute atomic E-state index is 13.6. The zero-order chi connectivity index (χ0) is 18.8. The highest BCUT2D eigenvalue weighted by Gasteiger charge is 2.22. The molecule has 134 valence electrons. The molecular weight excluding hydrogens is 374 g/mol. The normalized spacial score (nSPS) is 11.2. The van der Waals surface area contributed by atoms with Crippen LogP contribution in [0.3, 0.4) is 0 Å². The lowest BCUT2D eigenvalue weighted by Crippen LogP contribution is -2.37. The first-order chi connectivity index (χ1) is 11.6.